The highest BCUT2D eigenvalue weighted by Crippen LogP contribution is 2.35. The SMILES string of the molecule is COCCOc1ccc(C(F)(F)F)cc1NC(=O)C1CCCN(C(=O)c2ccc(Cl)cc2)C1. The van der Waals surface area contributed by atoms with Gasteiger partial charge >= 0.3 is 6.18 Å². The second kappa shape index (κ2) is 10.9. The van der Waals surface area contributed by atoms with Gasteiger partial charge in [-0.3, -0.25) is 9.59 Å². The minimum Gasteiger partial charge on any atom is -0.489 e. The van der Waals surface area contributed by atoms with E-state index in [9.17, 15) is 22.8 Å². The number of benzene rings is 2. The molecule has 0 saturated carbocycles. The molecule has 0 spiro atoms. The molecule has 1 aliphatic heterocycles. The molecule has 1 heterocycles. The van der Waals surface area contributed by atoms with E-state index in [1.54, 1.807) is 29.2 Å². The second-order valence-electron chi connectivity index (χ2n) is 7.64. The fraction of sp³-hybridized carbons (Fsp3) is 0.391. The summed E-state index contributed by atoms with van der Waals surface area (Å²) >= 11 is 5.87. The zero-order valence-corrected chi connectivity index (χ0v) is 18.7. The van der Waals surface area contributed by atoms with Crippen LogP contribution in [0.15, 0.2) is 42.5 Å². The van der Waals surface area contributed by atoms with Gasteiger partial charge in [0.15, 0.2) is 0 Å². The minimum absolute atomic E-state index is 0.0768. The van der Waals surface area contributed by atoms with Crippen LogP contribution < -0.4 is 10.1 Å². The van der Waals surface area contributed by atoms with Gasteiger partial charge < -0.3 is 19.7 Å². The van der Waals surface area contributed by atoms with E-state index in [4.69, 9.17) is 21.1 Å². The molecule has 6 nitrogen and oxygen atoms in total. The molecule has 0 radical (unpaired) electrons. The van der Waals surface area contributed by atoms with Crippen molar-refractivity contribution in [2.75, 3.05) is 38.7 Å². The number of anilines is 1. The lowest BCUT2D eigenvalue weighted by molar-refractivity contribution is -0.137. The van der Waals surface area contributed by atoms with Gasteiger partial charge in [-0.2, -0.15) is 13.2 Å². The van der Waals surface area contributed by atoms with E-state index >= 15 is 0 Å². The molecule has 178 valence electrons. The second-order valence-corrected chi connectivity index (χ2v) is 8.07. The van der Waals surface area contributed by atoms with Crippen molar-refractivity contribution in [3.63, 3.8) is 0 Å². The van der Waals surface area contributed by atoms with Gasteiger partial charge in [-0.15, -0.1) is 0 Å². The van der Waals surface area contributed by atoms with Crippen molar-refractivity contribution in [1.29, 1.82) is 0 Å². The number of methoxy groups -OCH3 is 1. The smallest absolute Gasteiger partial charge is 0.416 e. The van der Waals surface area contributed by atoms with Gasteiger partial charge in [-0.25, -0.2) is 0 Å². The normalized spacial score (nSPS) is 16.4. The maximum Gasteiger partial charge on any atom is 0.416 e. The number of halogens is 4. The van der Waals surface area contributed by atoms with Crippen molar-refractivity contribution in [1.82, 2.24) is 4.90 Å². The third-order valence-corrected chi connectivity index (χ3v) is 5.53. The van der Waals surface area contributed by atoms with E-state index in [1.165, 1.54) is 13.2 Å². The Balaban J connectivity index is 1.73. The molecule has 10 heteroatoms. The lowest BCUT2D eigenvalue weighted by atomic mass is 9.96. The maximum absolute atomic E-state index is 13.2. The van der Waals surface area contributed by atoms with Crippen molar-refractivity contribution in [3.8, 4) is 5.75 Å². The summed E-state index contributed by atoms with van der Waals surface area (Å²) in [5.74, 6) is -1.17. The molecule has 1 aliphatic rings. The number of nitrogens with one attached hydrogen (secondary N) is 1. The summed E-state index contributed by atoms with van der Waals surface area (Å²) in [6.07, 6.45) is -3.47. The van der Waals surface area contributed by atoms with Crippen LogP contribution in [0, 0.1) is 5.92 Å². The van der Waals surface area contributed by atoms with E-state index < -0.39 is 23.6 Å². The average Bonchev–Trinajstić information content (AvgIpc) is 2.79. The number of ether oxygens (including phenoxy) is 2. The Morgan fingerprint density at radius 3 is 2.55 bits per heavy atom. The topological polar surface area (TPSA) is 67.9 Å². The number of nitrogens with zero attached hydrogens (tertiary/aromatic N) is 1. The van der Waals surface area contributed by atoms with Crippen LogP contribution >= 0.6 is 11.6 Å². The number of piperidine rings is 1. The first kappa shape index (κ1) is 24.9. The summed E-state index contributed by atoms with van der Waals surface area (Å²) in [5, 5.41) is 3.07. The first-order valence-electron chi connectivity index (χ1n) is 10.4. The number of hydrogen-bond acceptors (Lipinski definition) is 4. The molecule has 0 bridgehead atoms. The van der Waals surface area contributed by atoms with Crippen LogP contribution in [-0.4, -0.2) is 50.1 Å². The van der Waals surface area contributed by atoms with Crippen molar-refractivity contribution in [3.05, 3.63) is 58.6 Å². The Hall–Kier alpha value is -2.78. The summed E-state index contributed by atoms with van der Waals surface area (Å²) in [6.45, 7) is 0.989. The van der Waals surface area contributed by atoms with Crippen LogP contribution in [0.3, 0.4) is 0 Å². The lowest BCUT2D eigenvalue weighted by Gasteiger charge is -2.32. The molecule has 2 aromatic carbocycles. The van der Waals surface area contributed by atoms with Crippen LogP contribution in [0.4, 0.5) is 18.9 Å². The predicted molar refractivity (Wildman–Crippen MR) is 118 cm³/mol. The molecule has 1 fully saturated rings. The van der Waals surface area contributed by atoms with E-state index in [2.05, 4.69) is 5.32 Å². The third kappa shape index (κ3) is 6.61. The maximum atomic E-state index is 13.2. The number of amides is 2. The monoisotopic (exact) mass is 484 g/mol. The van der Waals surface area contributed by atoms with E-state index in [1.807, 2.05) is 0 Å². The third-order valence-electron chi connectivity index (χ3n) is 5.28. The fourth-order valence-corrected chi connectivity index (χ4v) is 3.68. The van der Waals surface area contributed by atoms with Crippen molar-refractivity contribution < 1.29 is 32.2 Å². The molecule has 1 unspecified atom stereocenters. The van der Waals surface area contributed by atoms with E-state index in [0.29, 0.717) is 30.0 Å². The number of alkyl halides is 3. The summed E-state index contributed by atoms with van der Waals surface area (Å²) in [4.78, 5) is 27.3. The molecule has 2 aromatic rings. The highest BCUT2D eigenvalue weighted by atomic mass is 35.5. The highest BCUT2D eigenvalue weighted by Gasteiger charge is 2.33. The van der Waals surface area contributed by atoms with Gasteiger partial charge in [0.1, 0.15) is 12.4 Å². The Bertz CT molecular complexity index is 983. The Morgan fingerprint density at radius 2 is 1.88 bits per heavy atom. The van der Waals surface area contributed by atoms with Gasteiger partial charge in [0.25, 0.3) is 5.91 Å². The zero-order chi connectivity index (χ0) is 24.0. The molecule has 0 aliphatic carbocycles. The average molecular weight is 485 g/mol. The largest absolute Gasteiger partial charge is 0.489 e. The van der Waals surface area contributed by atoms with Crippen molar-refractivity contribution in [2.45, 2.75) is 19.0 Å². The van der Waals surface area contributed by atoms with Crippen LogP contribution in [0.2, 0.25) is 5.02 Å². The van der Waals surface area contributed by atoms with Crippen molar-refractivity contribution >= 4 is 29.1 Å². The number of rotatable bonds is 7. The standard InChI is InChI=1S/C23H24ClF3N2O4/c1-32-11-12-33-20-9-6-17(23(25,26)27)13-19(20)28-21(30)16-3-2-10-29(14-16)22(31)15-4-7-18(24)8-5-15/h4-9,13,16H,2-3,10-12,14H2,1H3,(H,28,30). The minimum atomic E-state index is -4.57. The summed E-state index contributed by atoms with van der Waals surface area (Å²) in [6, 6.07) is 9.36. The quantitative estimate of drug-likeness (QED) is 0.569. The van der Waals surface area contributed by atoms with Crippen LogP contribution in [0.1, 0.15) is 28.8 Å². The van der Waals surface area contributed by atoms with Crippen LogP contribution in [-0.2, 0) is 15.7 Å². The lowest BCUT2D eigenvalue weighted by Crippen LogP contribution is -2.43. The molecule has 2 amide bonds. The molecule has 3 rings (SSSR count). The number of hydrogen-bond donors (Lipinski definition) is 1. The van der Waals surface area contributed by atoms with Crippen LogP contribution in [0.25, 0.3) is 0 Å². The molecule has 1 saturated heterocycles. The van der Waals surface area contributed by atoms with Gasteiger partial charge in [0.05, 0.1) is 23.8 Å². The van der Waals surface area contributed by atoms with Gasteiger partial charge in [0, 0.05) is 30.8 Å². The summed E-state index contributed by atoms with van der Waals surface area (Å²) in [7, 11) is 1.47. The number of likely N-dealkylation sites (tertiary alicyclic amines) is 1. The highest BCUT2D eigenvalue weighted by molar-refractivity contribution is 6.30. The Labute approximate surface area is 194 Å². The predicted octanol–water partition coefficient (Wildman–Crippen LogP) is 4.87. The number of carbonyl (C=O) groups excluding carboxylic acids is 2. The molecule has 0 aromatic heterocycles. The van der Waals surface area contributed by atoms with Crippen LogP contribution in [0.5, 0.6) is 5.75 Å². The van der Waals surface area contributed by atoms with Gasteiger partial charge in [0.2, 0.25) is 5.91 Å². The summed E-state index contributed by atoms with van der Waals surface area (Å²) in [5.41, 5.74) is -0.528. The zero-order valence-electron chi connectivity index (χ0n) is 18.0. The first-order valence-corrected chi connectivity index (χ1v) is 10.8. The Kier molecular flexibility index (Phi) is 8.20. The van der Waals surface area contributed by atoms with Crippen molar-refractivity contribution in [2.24, 2.45) is 5.92 Å². The van der Waals surface area contributed by atoms with Gasteiger partial charge in [-0.05, 0) is 55.3 Å². The molecular formula is C23H24ClF3N2O4. The van der Waals surface area contributed by atoms with E-state index in [0.717, 1.165) is 12.1 Å². The molecular weight excluding hydrogens is 461 g/mol. The molecule has 1 N–H and O–H groups in total. The molecule has 33 heavy (non-hydrogen) atoms. The fourth-order valence-electron chi connectivity index (χ4n) is 3.55. The number of carbonyl (C=O) groups is 2. The van der Waals surface area contributed by atoms with Gasteiger partial charge in [-0.1, -0.05) is 11.6 Å². The first-order chi connectivity index (χ1) is 15.7. The van der Waals surface area contributed by atoms with E-state index in [-0.39, 0.29) is 37.1 Å². The summed E-state index contributed by atoms with van der Waals surface area (Å²) < 4.78 is 50.0. The molecule has 1 atom stereocenters. The Morgan fingerprint density at radius 1 is 1.15 bits per heavy atom.